The molecule has 15 heavy (non-hydrogen) atoms. The fraction of sp³-hybridized carbons (Fsp3) is 0.300. The first-order valence-electron chi connectivity index (χ1n) is 4.32. The molecule has 1 aromatic heterocycles. The highest BCUT2D eigenvalue weighted by Gasteiger charge is 2.15. The molecular formula is C10H12N2O3. The third-order valence-electron chi connectivity index (χ3n) is 1.71. The van der Waals surface area contributed by atoms with Crippen molar-refractivity contribution in [1.29, 1.82) is 0 Å². The Labute approximate surface area is 87.8 Å². The van der Waals surface area contributed by atoms with Crippen LogP contribution in [0.15, 0.2) is 18.9 Å². The Bertz CT molecular complexity index is 377. The van der Waals surface area contributed by atoms with Crippen LogP contribution in [0, 0.1) is 0 Å². The summed E-state index contributed by atoms with van der Waals surface area (Å²) in [7, 11) is 2.89. The molecule has 0 atom stereocenters. The van der Waals surface area contributed by atoms with E-state index in [0.29, 0.717) is 5.88 Å². The molecule has 0 aliphatic carbocycles. The second-order valence-corrected chi connectivity index (χ2v) is 2.69. The monoisotopic (exact) mass is 208 g/mol. The Morgan fingerprint density at radius 1 is 1.53 bits per heavy atom. The lowest BCUT2D eigenvalue weighted by atomic mass is 10.2. The van der Waals surface area contributed by atoms with E-state index in [1.807, 2.05) is 0 Å². The Balaban J connectivity index is 3.06. The minimum atomic E-state index is -0.183. The van der Waals surface area contributed by atoms with Crippen LogP contribution in [0.5, 0.6) is 11.8 Å². The first-order valence-corrected chi connectivity index (χ1v) is 4.32. The van der Waals surface area contributed by atoms with Gasteiger partial charge in [-0.2, -0.15) is 4.98 Å². The number of carbonyl (C=O) groups excluding carboxylic acids is 1. The highest BCUT2D eigenvalue weighted by molar-refractivity contribution is 5.97. The molecule has 0 amide bonds. The van der Waals surface area contributed by atoms with Crippen LogP contribution in [0.4, 0.5) is 0 Å². The molecule has 0 N–H and O–H groups in total. The van der Waals surface area contributed by atoms with Gasteiger partial charge in [0.25, 0.3) is 0 Å². The molecule has 0 unspecified atom stereocenters. The van der Waals surface area contributed by atoms with Crippen molar-refractivity contribution >= 4 is 5.78 Å². The van der Waals surface area contributed by atoms with Crippen LogP contribution in [-0.4, -0.2) is 30.0 Å². The van der Waals surface area contributed by atoms with E-state index in [1.54, 1.807) is 0 Å². The summed E-state index contributed by atoms with van der Waals surface area (Å²) in [6.07, 6.45) is 3.09. The first kappa shape index (κ1) is 11.2. The van der Waals surface area contributed by atoms with Crippen LogP contribution in [-0.2, 0) is 0 Å². The van der Waals surface area contributed by atoms with E-state index < -0.39 is 0 Å². The summed E-state index contributed by atoms with van der Waals surface area (Å²) in [6, 6.07) is 0. The number of rotatable bonds is 5. The van der Waals surface area contributed by atoms with Gasteiger partial charge in [-0.25, -0.2) is 4.98 Å². The first-order chi connectivity index (χ1) is 7.22. The normalized spacial score (nSPS) is 9.47. The predicted molar refractivity (Wildman–Crippen MR) is 54.3 cm³/mol. The van der Waals surface area contributed by atoms with E-state index in [0.717, 1.165) is 0 Å². The van der Waals surface area contributed by atoms with Crippen molar-refractivity contribution in [3.63, 3.8) is 0 Å². The number of carbonyl (C=O) groups is 1. The number of ether oxygens (including phenoxy) is 2. The van der Waals surface area contributed by atoms with E-state index in [-0.39, 0.29) is 23.8 Å². The molecule has 5 heteroatoms. The molecule has 0 bridgehead atoms. The summed E-state index contributed by atoms with van der Waals surface area (Å²) < 4.78 is 9.81. The van der Waals surface area contributed by atoms with Gasteiger partial charge in [0, 0.05) is 6.42 Å². The Morgan fingerprint density at radius 3 is 2.80 bits per heavy atom. The average Bonchev–Trinajstić information content (AvgIpc) is 2.28. The van der Waals surface area contributed by atoms with Gasteiger partial charge in [0.15, 0.2) is 11.5 Å². The minimum absolute atomic E-state index is 0.168. The summed E-state index contributed by atoms with van der Waals surface area (Å²) >= 11 is 0. The molecule has 0 fully saturated rings. The van der Waals surface area contributed by atoms with E-state index in [2.05, 4.69) is 16.5 Å². The molecule has 0 spiro atoms. The zero-order valence-corrected chi connectivity index (χ0v) is 8.69. The molecule has 0 saturated heterocycles. The summed E-state index contributed by atoms with van der Waals surface area (Å²) in [5, 5.41) is 0. The van der Waals surface area contributed by atoms with Gasteiger partial charge in [-0.3, -0.25) is 4.79 Å². The topological polar surface area (TPSA) is 61.3 Å². The second-order valence-electron chi connectivity index (χ2n) is 2.69. The maximum Gasteiger partial charge on any atom is 0.246 e. The quantitative estimate of drug-likeness (QED) is 0.538. The van der Waals surface area contributed by atoms with Crippen molar-refractivity contribution in [1.82, 2.24) is 9.97 Å². The van der Waals surface area contributed by atoms with Gasteiger partial charge in [-0.15, -0.1) is 6.58 Å². The Hall–Kier alpha value is -1.91. The lowest BCUT2D eigenvalue weighted by Gasteiger charge is -2.05. The molecule has 0 saturated carbocycles. The molecule has 0 radical (unpaired) electrons. The number of methoxy groups -OCH3 is 2. The maximum absolute atomic E-state index is 11.5. The zero-order chi connectivity index (χ0) is 11.3. The number of ketones is 1. The standard InChI is InChI=1S/C10H12N2O3/c1-4-5-7(13)9-10(15-3)12-8(14-2)6-11-9/h4,6H,1,5H2,2-3H3. The van der Waals surface area contributed by atoms with Crippen molar-refractivity contribution in [2.75, 3.05) is 14.2 Å². The fourth-order valence-electron chi connectivity index (χ4n) is 1.02. The van der Waals surface area contributed by atoms with Gasteiger partial charge in [0.2, 0.25) is 11.8 Å². The van der Waals surface area contributed by atoms with Crippen LogP contribution in [0.2, 0.25) is 0 Å². The molecule has 1 heterocycles. The van der Waals surface area contributed by atoms with Crippen LogP contribution in [0.1, 0.15) is 16.9 Å². The third kappa shape index (κ3) is 2.52. The van der Waals surface area contributed by atoms with Crippen LogP contribution in [0.3, 0.4) is 0 Å². The van der Waals surface area contributed by atoms with Crippen molar-refractivity contribution in [2.24, 2.45) is 0 Å². The number of hydrogen-bond donors (Lipinski definition) is 0. The average molecular weight is 208 g/mol. The highest BCUT2D eigenvalue weighted by atomic mass is 16.5. The molecule has 80 valence electrons. The van der Waals surface area contributed by atoms with Crippen molar-refractivity contribution in [2.45, 2.75) is 6.42 Å². The van der Waals surface area contributed by atoms with Crippen LogP contribution >= 0.6 is 0 Å². The molecule has 1 rings (SSSR count). The lowest BCUT2D eigenvalue weighted by molar-refractivity contribution is 0.0987. The van der Waals surface area contributed by atoms with E-state index in [9.17, 15) is 4.79 Å². The molecule has 0 aliphatic heterocycles. The van der Waals surface area contributed by atoms with Crippen LogP contribution in [0.25, 0.3) is 0 Å². The van der Waals surface area contributed by atoms with Gasteiger partial charge in [0.1, 0.15) is 0 Å². The number of Topliss-reactive ketones (excluding diaryl/α,β-unsaturated/α-hetero) is 1. The highest BCUT2D eigenvalue weighted by Crippen LogP contribution is 2.18. The zero-order valence-electron chi connectivity index (χ0n) is 8.69. The molecule has 0 aliphatic rings. The largest absolute Gasteiger partial charge is 0.480 e. The van der Waals surface area contributed by atoms with Crippen molar-refractivity contribution < 1.29 is 14.3 Å². The number of allylic oxidation sites excluding steroid dienone is 1. The van der Waals surface area contributed by atoms with Gasteiger partial charge in [0.05, 0.1) is 20.4 Å². The second kappa shape index (κ2) is 5.09. The SMILES string of the molecule is C=CCC(=O)c1ncc(OC)nc1OC. The Morgan fingerprint density at radius 2 is 2.27 bits per heavy atom. The maximum atomic E-state index is 11.5. The summed E-state index contributed by atoms with van der Waals surface area (Å²) in [5.41, 5.74) is 0.193. The predicted octanol–water partition coefficient (Wildman–Crippen LogP) is 1.25. The summed E-state index contributed by atoms with van der Waals surface area (Å²) in [4.78, 5) is 19.4. The van der Waals surface area contributed by atoms with E-state index in [1.165, 1.54) is 26.5 Å². The third-order valence-corrected chi connectivity index (χ3v) is 1.71. The molecule has 0 aromatic carbocycles. The molecule has 1 aromatic rings. The summed E-state index contributed by atoms with van der Waals surface area (Å²) in [6.45, 7) is 3.48. The van der Waals surface area contributed by atoms with Gasteiger partial charge in [-0.1, -0.05) is 6.08 Å². The smallest absolute Gasteiger partial charge is 0.246 e. The van der Waals surface area contributed by atoms with Gasteiger partial charge >= 0.3 is 0 Å². The number of hydrogen-bond acceptors (Lipinski definition) is 5. The molecule has 5 nitrogen and oxygen atoms in total. The lowest BCUT2D eigenvalue weighted by Crippen LogP contribution is -2.06. The number of nitrogens with zero attached hydrogens (tertiary/aromatic N) is 2. The van der Waals surface area contributed by atoms with E-state index in [4.69, 9.17) is 9.47 Å². The summed E-state index contributed by atoms with van der Waals surface area (Å²) in [5.74, 6) is 0.292. The number of aromatic nitrogens is 2. The van der Waals surface area contributed by atoms with Crippen LogP contribution < -0.4 is 9.47 Å². The fourth-order valence-corrected chi connectivity index (χ4v) is 1.02. The van der Waals surface area contributed by atoms with Gasteiger partial charge in [-0.05, 0) is 0 Å². The molecular weight excluding hydrogens is 196 g/mol. The van der Waals surface area contributed by atoms with Crippen molar-refractivity contribution in [3.05, 3.63) is 24.5 Å². The minimum Gasteiger partial charge on any atom is -0.480 e. The van der Waals surface area contributed by atoms with Crippen molar-refractivity contribution in [3.8, 4) is 11.8 Å². The van der Waals surface area contributed by atoms with Gasteiger partial charge < -0.3 is 9.47 Å². The Kier molecular flexibility index (Phi) is 3.79. The van der Waals surface area contributed by atoms with E-state index >= 15 is 0 Å².